The van der Waals surface area contributed by atoms with E-state index in [0.717, 1.165) is 37.5 Å². The molecule has 0 spiro atoms. The van der Waals surface area contributed by atoms with Gasteiger partial charge in [-0.3, -0.25) is 9.69 Å². The zero-order chi connectivity index (χ0) is 15.1. The highest BCUT2D eigenvalue weighted by Crippen LogP contribution is 2.28. The molecule has 0 atom stereocenters. The number of hydrogen-bond acceptors (Lipinski definition) is 3. The fourth-order valence-electron chi connectivity index (χ4n) is 3.27. The van der Waals surface area contributed by atoms with E-state index in [9.17, 15) is 4.79 Å². The van der Waals surface area contributed by atoms with Crippen LogP contribution in [0.5, 0.6) is 0 Å². The lowest BCUT2D eigenvalue weighted by Gasteiger charge is -2.46. The van der Waals surface area contributed by atoms with Gasteiger partial charge in [-0.2, -0.15) is 0 Å². The molecule has 0 radical (unpaired) electrons. The van der Waals surface area contributed by atoms with Gasteiger partial charge in [-0.05, 0) is 29.7 Å². The predicted molar refractivity (Wildman–Crippen MR) is 89.6 cm³/mol. The maximum absolute atomic E-state index is 12.3. The Balaban J connectivity index is 1.37. The van der Waals surface area contributed by atoms with E-state index in [1.165, 1.54) is 22.5 Å². The number of hydrogen-bond donors (Lipinski definition) is 0. The summed E-state index contributed by atoms with van der Waals surface area (Å²) in [5, 5.41) is 0. The molecule has 1 fully saturated rings. The van der Waals surface area contributed by atoms with E-state index in [0.29, 0.717) is 10.4 Å². The van der Waals surface area contributed by atoms with Gasteiger partial charge < -0.3 is 4.90 Å². The Hall–Kier alpha value is -1.36. The second kappa shape index (κ2) is 5.69. The summed E-state index contributed by atoms with van der Waals surface area (Å²) in [5.74, 6) is 0.116. The predicted octanol–water partition coefficient (Wildman–Crippen LogP) is 3.28. The summed E-state index contributed by atoms with van der Waals surface area (Å²) in [4.78, 5) is 17.5. The summed E-state index contributed by atoms with van der Waals surface area (Å²) in [6.45, 7) is 3.76. The highest BCUT2D eigenvalue weighted by atomic mass is 35.5. The molecule has 3 nitrogen and oxygen atoms in total. The normalized spacial score (nSPS) is 18.9. The first-order valence-corrected chi connectivity index (χ1v) is 8.75. The van der Waals surface area contributed by atoms with E-state index in [-0.39, 0.29) is 5.91 Å². The molecule has 2 aromatic rings. The number of benzene rings is 1. The van der Waals surface area contributed by atoms with Gasteiger partial charge in [0.15, 0.2) is 0 Å². The van der Waals surface area contributed by atoms with Crippen molar-refractivity contribution in [3.8, 4) is 0 Å². The Morgan fingerprint density at radius 3 is 2.64 bits per heavy atom. The minimum absolute atomic E-state index is 0.116. The van der Waals surface area contributed by atoms with E-state index in [1.54, 1.807) is 6.07 Å². The van der Waals surface area contributed by atoms with E-state index in [4.69, 9.17) is 11.6 Å². The van der Waals surface area contributed by atoms with Gasteiger partial charge in [-0.1, -0.05) is 35.9 Å². The fourth-order valence-corrected chi connectivity index (χ4v) is 4.28. The Bertz CT molecular complexity index is 708. The highest BCUT2D eigenvalue weighted by Gasteiger charge is 2.36. The Kier molecular flexibility index (Phi) is 3.68. The number of likely N-dealkylation sites (tertiary alicyclic amines) is 1. The molecule has 1 saturated heterocycles. The first-order valence-electron chi connectivity index (χ1n) is 7.56. The molecule has 2 aliphatic rings. The van der Waals surface area contributed by atoms with Crippen LogP contribution in [0, 0.1) is 0 Å². The van der Waals surface area contributed by atoms with Crippen molar-refractivity contribution in [2.24, 2.45) is 0 Å². The monoisotopic (exact) mass is 332 g/mol. The molecule has 1 aromatic carbocycles. The summed E-state index contributed by atoms with van der Waals surface area (Å²) in [7, 11) is 0. The molecule has 0 bridgehead atoms. The minimum atomic E-state index is 0.116. The molecule has 5 heteroatoms. The zero-order valence-electron chi connectivity index (χ0n) is 12.2. The van der Waals surface area contributed by atoms with Gasteiger partial charge in [0.1, 0.15) is 0 Å². The second-order valence-corrected chi connectivity index (χ2v) is 7.67. The van der Waals surface area contributed by atoms with Crippen LogP contribution in [0.1, 0.15) is 20.8 Å². The third-order valence-corrected chi connectivity index (χ3v) is 5.83. The minimum Gasteiger partial charge on any atom is -0.335 e. The van der Waals surface area contributed by atoms with Gasteiger partial charge in [-0.15, -0.1) is 11.3 Å². The standard InChI is InChI=1S/C17H17ClN2OS/c18-16-6-5-15(22-16)17(21)20-10-14(11-20)19-8-7-12-3-1-2-4-13(12)9-19/h1-6,14H,7-11H2. The fraction of sp³-hybridized carbons (Fsp3) is 0.353. The summed E-state index contributed by atoms with van der Waals surface area (Å²) < 4.78 is 0.674. The first kappa shape index (κ1) is 14.2. The quantitative estimate of drug-likeness (QED) is 0.842. The van der Waals surface area contributed by atoms with Gasteiger partial charge in [0.05, 0.1) is 9.21 Å². The molecule has 0 N–H and O–H groups in total. The Labute approximate surface area is 139 Å². The lowest BCUT2D eigenvalue weighted by Crippen LogP contribution is -2.61. The summed E-state index contributed by atoms with van der Waals surface area (Å²) >= 11 is 7.27. The van der Waals surface area contributed by atoms with Crippen molar-refractivity contribution in [2.45, 2.75) is 19.0 Å². The van der Waals surface area contributed by atoms with Crippen molar-refractivity contribution >= 4 is 28.8 Å². The number of carbonyl (C=O) groups is 1. The van der Waals surface area contributed by atoms with Crippen LogP contribution in [0.25, 0.3) is 0 Å². The summed E-state index contributed by atoms with van der Waals surface area (Å²) in [6, 6.07) is 12.8. The van der Waals surface area contributed by atoms with Crippen LogP contribution in [0.3, 0.4) is 0 Å². The van der Waals surface area contributed by atoms with Crippen LogP contribution >= 0.6 is 22.9 Å². The number of nitrogens with zero attached hydrogens (tertiary/aromatic N) is 2. The highest BCUT2D eigenvalue weighted by molar-refractivity contribution is 7.17. The molecule has 0 unspecified atom stereocenters. The van der Waals surface area contributed by atoms with Crippen LogP contribution in [-0.2, 0) is 13.0 Å². The van der Waals surface area contributed by atoms with Crippen LogP contribution in [0.4, 0.5) is 0 Å². The molecule has 114 valence electrons. The average Bonchev–Trinajstić information content (AvgIpc) is 2.92. The molecule has 2 aliphatic heterocycles. The number of thiophene rings is 1. The average molecular weight is 333 g/mol. The maximum atomic E-state index is 12.3. The van der Waals surface area contributed by atoms with E-state index in [1.807, 2.05) is 11.0 Å². The van der Waals surface area contributed by atoms with Gasteiger partial charge in [0, 0.05) is 32.2 Å². The largest absolute Gasteiger partial charge is 0.335 e. The number of fused-ring (bicyclic) bond motifs is 1. The third kappa shape index (κ3) is 2.56. The maximum Gasteiger partial charge on any atom is 0.264 e. The van der Waals surface area contributed by atoms with Crippen molar-refractivity contribution in [3.63, 3.8) is 0 Å². The van der Waals surface area contributed by atoms with Gasteiger partial charge in [-0.25, -0.2) is 0 Å². The smallest absolute Gasteiger partial charge is 0.264 e. The Morgan fingerprint density at radius 1 is 1.14 bits per heavy atom. The number of amides is 1. The third-order valence-electron chi connectivity index (χ3n) is 4.61. The lowest BCUT2D eigenvalue weighted by atomic mass is 9.96. The number of halogens is 1. The van der Waals surface area contributed by atoms with Crippen molar-refractivity contribution in [1.82, 2.24) is 9.80 Å². The molecular formula is C17H17ClN2OS. The second-order valence-electron chi connectivity index (χ2n) is 5.96. The molecule has 1 aromatic heterocycles. The van der Waals surface area contributed by atoms with E-state index in [2.05, 4.69) is 29.2 Å². The van der Waals surface area contributed by atoms with Crippen molar-refractivity contribution < 1.29 is 4.79 Å². The molecular weight excluding hydrogens is 316 g/mol. The van der Waals surface area contributed by atoms with Crippen molar-refractivity contribution in [1.29, 1.82) is 0 Å². The summed E-state index contributed by atoms with van der Waals surface area (Å²) in [6.07, 6.45) is 1.11. The molecule has 1 amide bonds. The van der Waals surface area contributed by atoms with E-state index >= 15 is 0 Å². The van der Waals surface area contributed by atoms with Crippen LogP contribution in [0.15, 0.2) is 36.4 Å². The SMILES string of the molecule is O=C(c1ccc(Cl)s1)N1CC(N2CCc3ccccc3C2)C1. The lowest BCUT2D eigenvalue weighted by molar-refractivity contribution is 0.0222. The molecule has 0 saturated carbocycles. The number of rotatable bonds is 2. The van der Waals surface area contributed by atoms with E-state index < -0.39 is 0 Å². The van der Waals surface area contributed by atoms with Crippen LogP contribution in [-0.4, -0.2) is 41.4 Å². The molecule has 0 aliphatic carbocycles. The first-order chi connectivity index (χ1) is 10.7. The summed E-state index contributed by atoms with van der Waals surface area (Å²) in [5.41, 5.74) is 2.91. The zero-order valence-corrected chi connectivity index (χ0v) is 13.7. The molecule has 3 heterocycles. The van der Waals surface area contributed by atoms with Gasteiger partial charge >= 0.3 is 0 Å². The Morgan fingerprint density at radius 2 is 1.91 bits per heavy atom. The van der Waals surface area contributed by atoms with Crippen LogP contribution < -0.4 is 0 Å². The molecule has 4 rings (SSSR count). The van der Waals surface area contributed by atoms with Crippen molar-refractivity contribution in [2.75, 3.05) is 19.6 Å². The molecule has 22 heavy (non-hydrogen) atoms. The number of carbonyl (C=O) groups excluding carboxylic acids is 1. The van der Waals surface area contributed by atoms with Gasteiger partial charge in [0.2, 0.25) is 0 Å². The van der Waals surface area contributed by atoms with Crippen LogP contribution in [0.2, 0.25) is 4.34 Å². The van der Waals surface area contributed by atoms with Gasteiger partial charge in [0.25, 0.3) is 5.91 Å². The van der Waals surface area contributed by atoms with Crippen molar-refractivity contribution in [3.05, 3.63) is 56.7 Å². The topological polar surface area (TPSA) is 23.6 Å².